The number of fused-ring (bicyclic) bond motifs is 12. The first-order valence-electron chi connectivity index (χ1n) is 20.4. The molecule has 5 heterocycles. The van der Waals surface area contributed by atoms with Crippen LogP contribution in [-0.2, 0) is 0 Å². The van der Waals surface area contributed by atoms with Gasteiger partial charge in [0.2, 0.25) is 17.5 Å². The van der Waals surface area contributed by atoms with Crippen molar-refractivity contribution >= 4 is 52.7 Å². The van der Waals surface area contributed by atoms with Crippen LogP contribution in [0.5, 0.6) is 0 Å². The molecule has 8 aromatic rings. The van der Waals surface area contributed by atoms with E-state index < -0.39 is 154 Å². The second-order valence-electron chi connectivity index (χ2n) is 16.0. The summed E-state index contributed by atoms with van der Waals surface area (Å²) in [5.74, 6) is -37.0. The summed E-state index contributed by atoms with van der Waals surface area (Å²) in [6.07, 6.45) is 4.45. The Morgan fingerprint density at radius 3 is 0.930 bits per heavy atom. The Morgan fingerprint density at radius 1 is 0.296 bits per heavy atom. The number of nitrogens with one attached hydrogen (secondary N) is 2. The van der Waals surface area contributed by atoms with Gasteiger partial charge in [-0.25, -0.2) is 75.8 Å². The van der Waals surface area contributed by atoms with E-state index in [9.17, 15) is 18.0 Å². The molecule has 0 saturated carbocycles. The average Bonchev–Trinajstić information content (AvgIpc) is 4.23. The highest BCUT2D eigenvalue weighted by Crippen LogP contribution is 2.54. The Hall–Kier alpha value is -8.68. The van der Waals surface area contributed by atoms with Gasteiger partial charge in [0.1, 0.15) is 0 Å². The first-order chi connectivity index (χ1) is 33.9. The molecule has 11 rings (SSSR count). The Bertz CT molecular complexity index is 3890. The zero-order chi connectivity index (χ0) is 50.2. The van der Waals surface area contributed by atoms with Crippen molar-refractivity contribution in [2.75, 3.05) is 0 Å². The molecule has 3 aliphatic rings. The summed E-state index contributed by atoms with van der Waals surface area (Å²) < 4.78 is 230. The minimum atomic E-state index is -2.63. The van der Waals surface area contributed by atoms with Crippen LogP contribution < -0.4 is 0 Å². The van der Waals surface area contributed by atoms with Crippen molar-refractivity contribution in [3.63, 3.8) is 0 Å². The van der Waals surface area contributed by atoms with Gasteiger partial charge in [-0.15, -0.1) is 0 Å². The van der Waals surface area contributed by atoms with Crippen molar-refractivity contribution in [2.24, 2.45) is 0 Å². The molecule has 0 amide bonds. The molecule has 0 spiro atoms. The second kappa shape index (κ2) is 15.9. The molecule has 5 aromatic carbocycles. The molecule has 1 aliphatic carbocycles. The fraction of sp³-hybridized carbons (Fsp3) is 0. The lowest BCUT2D eigenvalue weighted by Gasteiger charge is -2.28. The van der Waals surface area contributed by atoms with Crippen LogP contribution in [-0.4, -0.2) is 26.2 Å². The summed E-state index contributed by atoms with van der Waals surface area (Å²) in [4.78, 5) is 26.4. The molecule has 8 bridgehead atoms. The van der Waals surface area contributed by atoms with E-state index in [0.29, 0.717) is 28.5 Å². The van der Waals surface area contributed by atoms with Crippen molar-refractivity contribution in [1.29, 1.82) is 0 Å². The van der Waals surface area contributed by atoms with Gasteiger partial charge in [-0.3, -0.25) is 4.79 Å². The van der Waals surface area contributed by atoms with Crippen molar-refractivity contribution < 1.29 is 70.7 Å². The molecular weight excluding hydrogens is 970 g/mol. The number of nitrogens with zero attached hydrogens (tertiary/aromatic N) is 2. The SMILES string of the molecule is O=Cc1cccc2c1-c1c-2cccc1-c1c2nc(c(-c3c(F)c(F)c(F)c(F)c3F)c3ccc([nH]3)c(-c3c(F)c(F)c(F)c(F)c3F)c3nc(c(-c4c(F)c(F)c(F)c(F)c4F)c4ccc1[nH]4)C=C3)C=C2. The Balaban J connectivity index is 1.39. The van der Waals surface area contributed by atoms with Crippen molar-refractivity contribution in [3.05, 3.63) is 176 Å². The molecular formula is C51H17F15N4O. The van der Waals surface area contributed by atoms with Crippen LogP contribution in [0.25, 0.3) is 113 Å². The third kappa shape index (κ3) is 6.28. The number of aromatic amines is 2. The van der Waals surface area contributed by atoms with Crippen molar-refractivity contribution in [2.45, 2.75) is 0 Å². The Kier molecular flexibility index (Phi) is 10.1. The largest absolute Gasteiger partial charge is 0.354 e. The van der Waals surface area contributed by atoms with Crippen LogP contribution in [0.4, 0.5) is 65.9 Å². The summed E-state index contributed by atoms with van der Waals surface area (Å²) >= 11 is 0. The third-order valence-electron chi connectivity index (χ3n) is 12.2. The minimum absolute atomic E-state index is 0.00317. The smallest absolute Gasteiger partial charge is 0.200 e. The fourth-order valence-corrected chi connectivity index (χ4v) is 9.11. The number of carbonyl (C=O) groups excluding carboxylic acids is 1. The maximum absolute atomic E-state index is 16.1. The highest BCUT2D eigenvalue weighted by molar-refractivity contribution is 6.15. The predicted octanol–water partition coefficient (Wildman–Crippen LogP) is 14.9. The first kappa shape index (κ1) is 44.8. The first-order valence-corrected chi connectivity index (χ1v) is 20.4. The predicted molar refractivity (Wildman–Crippen MR) is 230 cm³/mol. The summed E-state index contributed by atoms with van der Waals surface area (Å²) in [5, 5.41) is 0. The van der Waals surface area contributed by atoms with Gasteiger partial charge in [0.05, 0.1) is 39.5 Å². The van der Waals surface area contributed by atoms with Gasteiger partial charge in [0.15, 0.2) is 76.1 Å². The van der Waals surface area contributed by atoms with Crippen LogP contribution in [0.3, 0.4) is 0 Å². The van der Waals surface area contributed by atoms with Gasteiger partial charge in [-0.2, -0.15) is 0 Å². The number of carbonyl (C=O) groups is 1. The summed E-state index contributed by atoms with van der Waals surface area (Å²) in [6, 6.07) is 13.6. The number of H-pyrrole nitrogens is 2. The summed E-state index contributed by atoms with van der Waals surface area (Å²) in [5.41, 5.74) is -9.82. The molecule has 0 fully saturated rings. The van der Waals surface area contributed by atoms with Gasteiger partial charge in [-0.05, 0) is 70.8 Å². The number of halogens is 15. The zero-order valence-electron chi connectivity index (χ0n) is 34.6. The van der Waals surface area contributed by atoms with Gasteiger partial charge in [-0.1, -0.05) is 36.4 Å². The average molecular weight is 987 g/mol. The topological polar surface area (TPSA) is 74.4 Å². The highest BCUT2D eigenvalue weighted by atomic mass is 19.2. The fourth-order valence-electron chi connectivity index (χ4n) is 9.11. The summed E-state index contributed by atoms with van der Waals surface area (Å²) in [7, 11) is 0. The maximum atomic E-state index is 16.1. The number of benzene rings is 5. The standard InChI is InChI=1S/C51H17F15N4O/c52-37-34(38(53)44(59)49(64)43(37)58)31-22-9-7-20(67-22)30(19-6-2-5-18-17-4-1-3-16(15-71)28(17)29(18)19)21-8-10-23(68-21)32(35-39(54)45(60)50(65)46(61)40(35)55)25-12-14-27(70-25)33(26-13-11-24(31)69-26)36-41(56)47(62)51(66)48(63)42(36)57/h1-15,67,70H. The van der Waals surface area contributed by atoms with Gasteiger partial charge in [0.25, 0.3) is 0 Å². The van der Waals surface area contributed by atoms with E-state index >= 15 is 52.7 Å². The van der Waals surface area contributed by atoms with Crippen LogP contribution >= 0.6 is 0 Å². The molecule has 71 heavy (non-hydrogen) atoms. The Labute approximate surface area is 385 Å². The second-order valence-corrected chi connectivity index (χ2v) is 16.0. The monoisotopic (exact) mass is 986 g/mol. The quantitative estimate of drug-likeness (QED) is 0.0781. The lowest BCUT2D eigenvalue weighted by Crippen LogP contribution is -2.06. The zero-order valence-corrected chi connectivity index (χ0v) is 34.6. The van der Waals surface area contributed by atoms with E-state index in [0.717, 1.165) is 36.4 Å². The molecule has 0 unspecified atom stereocenters. The minimum Gasteiger partial charge on any atom is -0.354 e. The molecule has 2 N–H and O–H groups in total. The number of hydrogen-bond acceptors (Lipinski definition) is 3. The van der Waals surface area contributed by atoms with Crippen LogP contribution in [0.2, 0.25) is 0 Å². The normalized spacial score (nSPS) is 12.4. The molecule has 0 saturated heterocycles. The van der Waals surface area contributed by atoms with Gasteiger partial charge >= 0.3 is 0 Å². The lowest BCUT2D eigenvalue weighted by atomic mass is 9.74. The van der Waals surface area contributed by atoms with E-state index in [-0.39, 0.29) is 27.9 Å². The van der Waals surface area contributed by atoms with E-state index in [1.165, 1.54) is 24.3 Å². The van der Waals surface area contributed by atoms with Gasteiger partial charge in [0, 0.05) is 55.4 Å². The molecule has 0 radical (unpaired) electrons. The number of aldehydes is 1. The van der Waals surface area contributed by atoms with Crippen LogP contribution in [0, 0.1) is 87.3 Å². The van der Waals surface area contributed by atoms with E-state index in [1.807, 2.05) is 0 Å². The van der Waals surface area contributed by atoms with E-state index in [1.54, 1.807) is 24.3 Å². The molecule has 2 aliphatic heterocycles. The van der Waals surface area contributed by atoms with E-state index in [2.05, 4.69) is 19.9 Å². The molecule has 5 nitrogen and oxygen atoms in total. The Morgan fingerprint density at radius 2 is 0.577 bits per heavy atom. The van der Waals surface area contributed by atoms with Gasteiger partial charge < -0.3 is 9.97 Å². The summed E-state index contributed by atoms with van der Waals surface area (Å²) in [6.45, 7) is 0. The van der Waals surface area contributed by atoms with Crippen molar-refractivity contribution in [1.82, 2.24) is 19.9 Å². The maximum Gasteiger partial charge on any atom is 0.200 e. The third-order valence-corrected chi connectivity index (χ3v) is 12.2. The number of aromatic nitrogens is 4. The molecule has 20 heteroatoms. The number of hydrogen-bond donors (Lipinski definition) is 2. The number of rotatable bonds is 5. The molecule has 0 atom stereocenters. The van der Waals surface area contributed by atoms with Crippen molar-refractivity contribution in [3.8, 4) is 66.8 Å². The lowest BCUT2D eigenvalue weighted by molar-refractivity contribution is 0.112. The van der Waals surface area contributed by atoms with E-state index in [4.69, 9.17) is 0 Å². The van der Waals surface area contributed by atoms with Crippen LogP contribution in [0.1, 0.15) is 33.1 Å². The molecule has 3 aromatic heterocycles. The van der Waals surface area contributed by atoms with Crippen LogP contribution in [0.15, 0.2) is 60.7 Å². The highest BCUT2D eigenvalue weighted by Gasteiger charge is 2.35. The molecule has 352 valence electrons.